The number of hydrogen-bond acceptors (Lipinski definition) is 3. The zero-order valence-corrected chi connectivity index (χ0v) is 12.1. The molecular weight excluding hydrogens is 310 g/mol. The maximum atomic E-state index is 11.8. The molecule has 0 saturated heterocycles. The van der Waals surface area contributed by atoms with Gasteiger partial charge in [0.05, 0.1) is 5.75 Å². The molecule has 0 N–H and O–H groups in total. The molecule has 1 heterocycles. The number of hydrogen-bond donors (Lipinski definition) is 0. The van der Waals surface area contributed by atoms with Crippen LogP contribution in [-0.2, 0) is 11.2 Å². The second-order valence-electron chi connectivity index (χ2n) is 3.82. The van der Waals surface area contributed by atoms with Crippen molar-refractivity contribution in [3.05, 3.63) is 58.8 Å². The minimum absolute atomic E-state index is 0.216. The van der Waals surface area contributed by atoms with E-state index in [1.807, 2.05) is 36.4 Å². The number of Topliss-reactive ketones (excluding diaryl/α,β-unsaturated/α-hetero) is 1. The minimum Gasteiger partial charge on any atom is -0.298 e. The number of halogens is 1. The van der Waals surface area contributed by atoms with Gasteiger partial charge < -0.3 is 0 Å². The smallest absolute Gasteiger partial charge is 0.147 e. The molecule has 1 aromatic carbocycles. The molecule has 1 aromatic heterocycles. The standard InChI is InChI=1S/C14H12BrNOS/c15-12-4-1-5-14(8-12)18-10-13(17)7-11-3-2-6-16-9-11/h1-6,8-9H,7,10H2. The van der Waals surface area contributed by atoms with Gasteiger partial charge in [-0.1, -0.05) is 28.1 Å². The summed E-state index contributed by atoms with van der Waals surface area (Å²) in [4.78, 5) is 16.9. The summed E-state index contributed by atoms with van der Waals surface area (Å²) < 4.78 is 1.03. The van der Waals surface area contributed by atoms with Crippen molar-refractivity contribution in [1.29, 1.82) is 0 Å². The fourth-order valence-electron chi connectivity index (χ4n) is 1.50. The highest BCUT2D eigenvalue weighted by Gasteiger charge is 2.05. The minimum atomic E-state index is 0.216. The first kappa shape index (κ1) is 13.3. The molecule has 0 atom stereocenters. The molecule has 0 aliphatic rings. The SMILES string of the molecule is O=C(CSc1cccc(Br)c1)Cc1cccnc1. The van der Waals surface area contributed by atoms with Gasteiger partial charge in [0.2, 0.25) is 0 Å². The largest absolute Gasteiger partial charge is 0.298 e. The first-order chi connectivity index (χ1) is 8.74. The highest BCUT2D eigenvalue weighted by atomic mass is 79.9. The van der Waals surface area contributed by atoms with Crippen molar-refractivity contribution in [2.24, 2.45) is 0 Å². The Labute approximate surface area is 119 Å². The number of nitrogens with zero attached hydrogens (tertiary/aromatic N) is 1. The van der Waals surface area contributed by atoms with Crippen LogP contribution in [0.15, 0.2) is 58.2 Å². The normalized spacial score (nSPS) is 10.3. The topological polar surface area (TPSA) is 30.0 Å². The van der Waals surface area contributed by atoms with Crippen LogP contribution in [0.4, 0.5) is 0 Å². The van der Waals surface area contributed by atoms with Gasteiger partial charge in [-0.3, -0.25) is 9.78 Å². The van der Waals surface area contributed by atoms with E-state index in [4.69, 9.17) is 0 Å². The van der Waals surface area contributed by atoms with E-state index in [1.165, 1.54) is 0 Å². The number of carbonyl (C=O) groups is 1. The van der Waals surface area contributed by atoms with Gasteiger partial charge >= 0.3 is 0 Å². The molecule has 0 radical (unpaired) electrons. The first-order valence-electron chi connectivity index (χ1n) is 5.53. The molecule has 4 heteroatoms. The van der Waals surface area contributed by atoms with Crippen molar-refractivity contribution < 1.29 is 4.79 Å². The predicted molar refractivity (Wildman–Crippen MR) is 77.8 cm³/mol. The molecular formula is C14H12BrNOS. The highest BCUT2D eigenvalue weighted by Crippen LogP contribution is 2.22. The summed E-state index contributed by atoms with van der Waals surface area (Å²) in [5.41, 5.74) is 0.970. The summed E-state index contributed by atoms with van der Waals surface area (Å²) in [6, 6.07) is 11.7. The lowest BCUT2D eigenvalue weighted by molar-refractivity contribution is -0.116. The third-order valence-electron chi connectivity index (χ3n) is 2.32. The van der Waals surface area contributed by atoms with Crippen LogP contribution in [0.25, 0.3) is 0 Å². The van der Waals surface area contributed by atoms with Crippen LogP contribution in [0.2, 0.25) is 0 Å². The van der Waals surface area contributed by atoms with Gasteiger partial charge in [-0.05, 0) is 29.8 Å². The summed E-state index contributed by atoms with van der Waals surface area (Å²) in [7, 11) is 0. The number of ketones is 1. The van der Waals surface area contributed by atoms with E-state index >= 15 is 0 Å². The van der Waals surface area contributed by atoms with Crippen molar-refractivity contribution in [1.82, 2.24) is 4.98 Å². The quantitative estimate of drug-likeness (QED) is 0.786. The van der Waals surface area contributed by atoms with Gasteiger partial charge in [-0.2, -0.15) is 0 Å². The van der Waals surface area contributed by atoms with Crippen molar-refractivity contribution in [2.45, 2.75) is 11.3 Å². The Bertz CT molecular complexity index is 530. The predicted octanol–water partition coefficient (Wildman–Crippen LogP) is 3.75. The second-order valence-corrected chi connectivity index (χ2v) is 5.79. The average Bonchev–Trinajstić information content (AvgIpc) is 2.38. The Morgan fingerprint density at radius 1 is 1.28 bits per heavy atom. The van der Waals surface area contributed by atoms with Crippen molar-refractivity contribution >= 4 is 33.5 Å². The maximum Gasteiger partial charge on any atom is 0.147 e. The van der Waals surface area contributed by atoms with E-state index in [2.05, 4.69) is 20.9 Å². The van der Waals surface area contributed by atoms with Crippen LogP contribution in [0.1, 0.15) is 5.56 Å². The third kappa shape index (κ3) is 4.27. The lowest BCUT2D eigenvalue weighted by Gasteiger charge is -2.02. The van der Waals surface area contributed by atoms with Crippen LogP contribution < -0.4 is 0 Å². The number of rotatable bonds is 5. The van der Waals surface area contributed by atoms with Gasteiger partial charge in [0.1, 0.15) is 5.78 Å². The van der Waals surface area contributed by atoms with Gasteiger partial charge in [0.25, 0.3) is 0 Å². The molecule has 92 valence electrons. The monoisotopic (exact) mass is 321 g/mol. The van der Waals surface area contributed by atoms with Crippen molar-refractivity contribution in [3.63, 3.8) is 0 Å². The molecule has 0 spiro atoms. The Hall–Kier alpha value is -1.13. The van der Waals surface area contributed by atoms with E-state index in [0.29, 0.717) is 12.2 Å². The van der Waals surface area contributed by atoms with Crippen LogP contribution >= 0.6 is 27.7 Å². The van der Waals surface area contributed by atoms with Gasteiger partial charge in [0, 0.05) is 28.2 Å². The van der Waals surface area contributed by atoms with E-state index in [-0.39, 0.29) is 5.78 Å². The Balaban J connectivity index is 1.85. The zero-order chi connectivity index (χ0) is 12.8. The molecule has 2 nitrogen and oxygen atoms in total. The summed E-state index contributed by atoms with van der Waals surface area (Å²) in [6.07, 6.45) is 3.90. The fraction of sp³-hybridized carbons (Fsp3) is 0.143. The number of carbonyl (C=O) groups excluding carboxylic acids is 1. The molecule has 0 fully saturated rings. The van der Waals surface area contributed by atoms with Crippen molar-refractivity contribution in [3.8, 4) is 0 Å². The van der Waals surface area contributed by atoms with E-state index < -0.39 is 0 Å². The van der Waals surface area contributed by atoms with Gasteiger partial charge in [0.15, 0.2) is 0 Å². The maximum absolute atomic E-state index is 11.8. The molecule has 0 aliphatic heterocycles. The van der Waals surface area contributed by atoms with Crippen molar-refractivity contribution in [2.75, 3.05) is 5.75 Å². The fourth-order valence-corrected chi connectivity index (χ4v) is 2.87. The summed E-state index contributed by atoms with van der Waals surface area (Å²) in [5, 5.41) is 0. The Morgan fingerprint density at radius 3 is 2.89 bits per heavy atom. The van der Waals surface area contributed by atoms with E-state index in [9.17, 15) is 4.79 Å². The molecule has 0 unspecified atom stereocenters. The Morgan fingerprint density at radius 2 is 2.17 bits per heavy atom. The molecule has 2 rings (SSSR count). The zero-order valence-electron chi connectivity index (χ0n) is 9.67. The van der Waals surface area contributed by atoms with E-state index in [1.54, 1.807) is 24.2 Å². The second kappa shape index (κ2) is 6.71. The highest BCUT2D eigenvalue weighted by molar-refractivity contribution is 9.10. The molecule has 0 amide bonds. The van der Waals surface area contributed by atoms with E-state index in [0.717, 1.165) is 14.9 Å². The molecule has 0 aliphatic carbocycles. The lowest BCUT2D eigenvalue weighted by Crippen LogP contribution is -2.05. The molecule has 0 saturated carbocycles. The number of pyridine rings is 1. The summed E-state index contributed by atoms with van der Waals surface area (Å²) in [6.45, 7) is 0. The van der Waals surface area contributed by atoms with Crippen LogP contribution in [0.3, 0.4) is 0 Å². The summed E-state index contributed by atoms with van der Waals surface area (Å²) >= 11 is 4.98. The molecule has 2 aromatic rings. The lowest BCUT2D eigenvalue weighted by atomic mass is 10.2. The molecule has 18 heavy (non-hydrogen) atoms. The Kier molecular flexibility index (Phi) is 4.96. The van der Waals surface area contributed by atoms with Crippen LogP contribution in [0.5, 0.6) is 0 Å². The van der Waals surface area contributed by atoms with Gasteiger partial charge in [-0.25, -0.2) is 0 Å². The average molecular weight is 322 g/mol. The number of aromatic nitrogens is 1. The number of benzene rings is 1. The first-order valence-corrected chi connectivity index (χ1v) is 7.31. The molecule has 0 bridgehead atoms. The van der Waals surface area contributed by atoms with Crippen LogP contribution in [-0.4, -0.2) is 16.5 Å². The number of thioether (sulfide) groups is 1. The van der Waals surface area contributed by atoms with Crippen LogP contribution in [0, 0.1) is 0 Å². The van der Waals surface area contributed by atoms with Gasteiger partial charge in [-0.15, -0.1) is 11.8 Å². The third-order valence-corrected chi connectivity index (χ3v) is 3.87. The summed E-state index contributed by atoms with van der Waals surface area (Å²) in [5.74, 6) is 0.707.